The maximum Gasteiger partial charge on any atom is 0.0902 e. The first kappa shape index (κ1) is 14.9. The number of unbranched alkanes of at least 4 members (excludes halogenated alkanes) is 4. The van der Waals surface area contributed by atoms with Crippen LogP contribution in [0.25, 0.3) is 0 Å². The standard InChI is InChI=1S/C13H28O2/c1-4-6-8-9-11-13(15,12(3)14)10-7-5-2/h12,14-15H,4-11H2,1-3H3. The first-order valence-electron chi connectivity index (χ1n) is 6.47. The van der Waals surface area contributed by atoms with E-state index < -0.39 is 11.7 Å². The van der Waals surface area contributed by atoms with Crippen LogP contribution in [0.3, 0.4) is 0 Å². The van der Waals surface area contributed by atoms with E-state index in [1.54, 1.807) is 6.92 Å². The van der Waals surface area contributed by atoms with Gasteiger partial charge >= 0.3 is 0 Å². The summed E-state index contributed by atoms with van der Waals surface area (Å²) >= 11 is 0. The fraction of sp³-hybridized carbons (Fsp3) is 1.00. The van der Waals surface area contributed by atoms with Crippen LogP contribution in [-0.2, 0) is 0 Å². The summed E-state index contributed by atoms with van der Waals surface area (Å²) in [5.41, 5.74) is -0.844. The van der Waals surface area contributed by atoms with E-state index >= 15 is 0 Å². The van der Waals surface area contributed by atoms with Crippen molar-refractivity contribution in [2.45, 2.75) is 83.8 Å². The lowest BCUT2D eigenvalue weighted by molar-refractivity contribution is -0.0795. The fourth-order valence-corrected chi connectivity index (χ4v) is 1.88. The molecule has 0 aromatic heterocycles. The number of hydrogen-bond donors (Lipinski definition) is 2. The van der Waals surface area contributed by atoms with Crippen LogP contribution in [0.2, 0.25) is 0 Å². The molecule has 0 aliphatic carbocycles. The molecule has 0 spiro atoms. The summed E-state index contributed by atoms with van der Waals surface area (Å²) in [4.78, 5) is 0. The van der Waals surface area contributed by atoms with Gasteiger partial charge in [0.25, 0.3) is 0 Å². The van der Waals surface area contributed by atoms with Crippen LogP contribution in [0.15, 0.2) is 0 Å². The van der Waals surface area contributed by atoms with Crippen molar-refractivity contribution in [3.63, 3.8) is 0 Å². The lowest BCUT2D eigenvalue weighted by Crippen LogP contribution is -2.40. The van der Waals surface area contributed by atoms with Crippen molar-refractivity contribution in [2.75, 3.05) is 0 Å². The minimum Gasteiger partial charge on any atom is -0.390 e. The number of hydrogen-bond acceptors (Lipinski definition) is 2. The van der Waals surface area contributed by atoms with Gasteiger partial charge in [-0.15, -0.1) is 0 Å². The van der Waals surface area contributed by atoms with Crippen LogP contribution in [0.1, 0.15) is 72.1 Å². The Morgan fingerprint density at radius 3 is 1.93 bits per heavy atom. The van der Waals surface area contributed by atoms with Gasteiger partial charge in [-0.2, -0.15) is 0 Å². The Morgan fingerprint density at radius 2 is 1.47 bits per heavy atom. The molecule has 0 radical (unpaired) electrons. The smallest absolute Gasteiger partial charge is 0.0902 e. The summed E-state index contributed by atoms with van der Waals surface area (Å²) in [5.74, 6) is 0. The van der Waals surface area contributed by atoms with E-state index in [9.17, 15) is 10.2 Å². The van der Waals surface area contributed by atoms with Gasteiger partial charge in [-0.1, -0.05) is 52.4 Å². The Hall–Kier alpha value is -0.0800. The van der Waals surface area contributed by atoms with E-state index in [0.29, 0.717) is 0 Å². The fourth-order valence-electron chi connectivity index (χ4n) is 1.88. The Bertz CT molecular complexity index is 145. The van der Waals surface area contributed by atoms with Gasteiger partial charge in [-0.05, 0) is 19.8 Å². The summed E-state index contributed by atoms with van der Waals surface area (Å²) in [5, 5.41) is 19.9. The van der Waals surface area contributed by atoms with Crippen LogP contribution < -0.4 is 0 Å². The minimum atomic E-state index is -0.844. The van der Waals surface area contributed by atoms with Gasteiger partial charge in [0.05, 0.1) is 11.7 Å². The topological polar surface area (TPSA) is 40.5 Å². The Labute approximate surface area is 94.7 Å². The molecule has 0 aromatic rings. The van der Waals surface area contributed by atoms with E-state index in [1.807, 2.05) is 0 Å². The Balaban J connectivity index is 3.90. The van der Waals surface area contributed by atoms with Crippen LogP contribution in [0, 0.1) is 0 Å². The molecule has 0 saturated heterocycles. The highest BCUT2D eigenvalue weighted by Gasteiger charge is 2.30. The van der Waals surface area contributed by atoms with Crippen molar-refractivity contribution in [3.05, 3.63) is 0 Å². The summed E-state index contributed by atoms with van der Waals surface area (Å²) in [6.07, 6.45) is 7.56. The lowest BCUT2D eigenvalue weighted by atomic mass is 9.86. The molecule has 2 nitrogen and oxygen atoms in total. The zero-order valence-electron chi connectivity index (χ0n) is 10.6. The number of rotatable bonds is 9. The van der Waals surface area contributed by atoms with Crippen molar-refractivity contribution in [1.82, 2.24) is 0 Å². The van der Waals surface area contributed by atoms with E-state index in [-0.39, 0.29) is 0 Å². The molecular formula is C13H28O2. The van der Waals surface area contributed by atoms with E-state index in [2.05, 4.69) is 13.8 Å². The quantitative estimate of drug-likeness (QED) is 0.581. The highest BCUT2D eigenvalue weighted by atomic mass is 16.3. The summed E-state index contributed by atoms with van der Waals surface area (Å²) in [6, 6.07) is 0. The van der Waals surface area contributed by atoms with Crippen molar-refractivity contribution in [1.29, 1.82) is 0 Å². The molecule has 0 heterocycles. The molecule has 2 heteroatoms. The third-order valence-corrected chi connectivity index (χ3v) is 3.20. The predicted molar refractivity (Wildman–Crippen MR) is 64.9 cm³/mol. The van der Waals surface area contributed by atoms with Gasteiger partial charge in [-0.25, -0.2) is 0 Å². The average molecular weight is 216 g/mol. The van der Waals surface area contributed by atoms with E-state index in [0.717, 1.165) is 38.5 Å². The normalized spacial score (nSPS) is 17.4. The van der Waals surface area contributed by atoms with Gasteiger partial charge in [0.15, 0.2) is 0 Å². The predicted octanol–water partition coefficient (Wildman–Crippen LogP) is 3.26. The summed E-state index contributed by atoms with van der Waals surface area (Å²) < 4.78 is 0. The molecule has 0 amide bonds. The number of aliphatic hydroxyl groups is 2. The number of aliphatic hydroxyl groups excluding tert-OH is 1. The second kappa shape index (κ2) is 8.12. The Kier molecular flexibility index (Phi) is 8.07. The largest absolute Gasteiger partial charge is 0.390 e. The molecule has 0 aliphatic rings. The molecule has 0 saturated carbocycles. The Morgan fingerprint density at radius 1 is 0.933 bits per heavy atom. The maximum absolute atomic E-state index is 10.3. The third kappa shape index (κ3) is 6.16. The van der Waals surface area contributed by atoms with Crippen LogP contribution in [0.4, 0.5) is 0 Å². The zero-order valence-corrected chi connectivity index (χ0v) is 10.6. The monoisotopic (exact) mass is 216 g/mol. The van der Waals surface area contributed by atoms with Crippen molar-refractivity contribution >= 4 is 0 Å². The second-order valence-electron chi connectivity index (χ2n) is 4.69. The third-order valence-electron chi connectivity index (χ3n) is 3.20. The van der Waals surface area contributed by atoms with Crippen molar-refractivity contribution in [3.8, 4) is 0 Å². The molecule has 92 valence electrons. The lowest BCUT2D eigenvalue weighted by Gasteiger charge is -2.31. The van der Waals surface area contributed by atoms with Gasteiger partial charge in [0.1, 0.15) is 0 Å². The van der Waals surface area contributed by atoms with Crippen LogP contribution in [-0.4, -0.2) is 21.9 Å². The maximum atomic E-state index is 10.3. The van der Waals surface area contributed by atoms with Crippen LogP contribution >= 0.6 is 0 Å². The molecule has 0 aliphatic heterocycles. The summed E-state index contributed by atoms with van der Waals surface area (Å²) in [7, 11) is 0. The molecular weight excluding hydrogens is 188 g/mol. The highest BCUT2D eigenvalue weighted by molar-refractivity contribution is 4.83. The molecule has 2 N–H and O–H groups in total. The van der Waals surface area contributed by atoms with E-state index in [1.165, 1.54) is 12.8 Å². The first-order valence-corrected chi connectivity index (χ1v) is 6.47. The minimum absolute atomic E-state index is 0.606. The molecule has 0 aromatic carbocycles. The summed E-state index contributed by atoms with van der Waals surface area (Å²) in [6.45, 7) is 5.99. The molecule has 0 bridgehead atoms. The molecule has 2 atom stereocenters. The van der Waals surface area contributed by atoms with Gasteiger partial charge < -0.3 is 10.2 Å². The van der Waals surface area contributed by atoms with Crippen molar-refractivity contribution < 1.29 is 10.2 Å². The molecule has 2 unspecified atom stereocenters. The average Bonchev–Trinajstić information content (AvgIpc) is 2.21. The second-order valence-corrected chi connectivity index (χ2v) is 4.69. The van der Waals surface area contributed by atoms with Crippen LogP contribution in [0.5, 0.6) is 0 Å². The highest BCUT2D eigenvalue weighted by Crippen LogP contribution is 2.25. The van der Waals surface area contributed by atoms with Gasteiger partial charge in [0.2, 0.25) is 0 Å². The van der Waals surface area contributed by atoms with Gasteiger partial charge in [0, 0.05) is 0 Å². The SMILES string of the molecule is CCCCCCC(O)(CCCC)C(C)O. The molecule has 15 heavy (non-hydrogen) atoms. The molecule has 0 rings (SSSR count). The van der Waals surface area contributed by atoms with E-state index in [4.69, 9.17) is 0 Å². The first-order chi connectivity index (χ1) is 7.06. The van der Waals surface area contributed by atoms with Crippen molar-refractivity contribution in [2.24, 2.45) is 0 Å². The zero-order chi connectivity index (χ0) is 11.7. The van der Waals surface area contributed by atoms with Gasteiger partial charge in [-0.3, -0.25) is 0 Å². The molecule has 0 fully saturated rings.